The van der Waals surface area contributed by atoms with Crippen molar-refractivity contribution in [3.63, 3.8) is 0 Å². The molecule has 16 heavy (non-hydrogen) atoms. The lowest BCUT2D eigenvalue weighted by atomic mass is 10.1. The maximum absolute atomic E-state index is 13.1. The summed E-state index contributed by atoms with van der Waals surface area (Å²) in [6.07, 6.45) is 3.43. The number of aromatic amines is 1. The molecule has 0 aliphatic carbocycles. The van der Waals surface area contributed by atoms with Crippen molar-refractivity contribution in [2.45, 2.75) is 23.0 Å². The van der Waals surface area contributed by atoms with E-state index in [0.717, 1.165) is 15.6 Å². The summed E-state index contributed by atoms with van der Waals surface area (Å²) in [5, 5.41) is 0.772. The van der Waals surface area contributed by atoms with Crippen LogP contribution in [0.2, 0.25) is 0 Å². The number of imidazole rings is 1. The van der Waals surface area contributed by atoms with Gasteiger partial charge >= 0.3 is 0 Å². The second-order valence-electron chi connectivity index (χ2n) is 3.47. The van der Waals surface area contributed by atoms with Gasteiger partial charge in [0.25, 0.3) is 0 Å². The molecule has 5 heteroatoms. The molecule has 84 valence electrons. The van der Waals surface area contributed by atoms with Gasteiger partial charge < -0.3 is 10.7 Å². The van der Waals surface area contributed by atoms with E-state index in [0.29, 0.717) is 0 Å². The number of halogens is 1. The summed E-state index contributed by atoms with van der Waals surface area (Å²) in [6, 6.07) is 4.42. The number of nitrogens with two attached hydrogens (primary N) is 1. The van der Waals surface area contributed by atoms with E-state index in [1.54, 1.807) is 18.5 Å². The molecule has 0 aliphatic heterocycles. The van der Waals surface area contributed by atoms with Gasteiger partial charge in [-0.1, -0.05) is 11.8 Å². The fourth-order valence-electron chi connectivity index (χ4n) is 1.38. The van der Waals surface area contributed by atoms with Crippen LogP contribution in [-0.4, -0.2) is 9.97 Å². The zero-order valence-corrected chi connectivity index (χ0v) is 9.59. The van der Waals surface area contributed by atoms with E-state index < -0.39 is 0 Å². The number of benzene rings is 1. The van der Waals surface area contributed by atoms with Crippen molar-refractivity contribution in [2.24, 2.45) is 5.73 Å². The van der Waals surface area contributed by atoms with Crippen LogP contribution in [0.5, 0.6) is 0 Å². The average Bonchev–Trinajstić information content (AvgIpc) is 2.73. The van der Waals surface area contributed by atoms with Crippen LogP contribution in [0.25, 0.3) is 0 Å². The molecule has 3 nitrogen and oxygen atoms in total. The predicted octanol–water partition coefficient (Wildman–Crippen LogP) is 2.72. The molecule has 0 spiro atoms. The summed E-state index contributed by atoms with van der Waals surface area (Å²) in [5.74, 6) is -0.268. The van der Waals surface area contributed by atoms with Crippen LogP contribution >= 0.6 is 11.8 Å². The average molecular weight is 237 g/mol. The second kappa shape index (κ2) is 4.67. The standard InChI is InChI=1S/C11H12FN3S/c1-7(13)9-6-8(12)2-3-10(9)16-11-14-4-5-15-11/h2-7H,13H2,1H3,(H,14,15). The second-order valence-corrected chi connectivity index (χ2v) is 4.50. The molecule has 1 unspecified atom stereocenters. The molecule has 3 N–H and O–H groups in total. The minimum absolute atomic E-state index is 0.201. The van der Waals surface area contributed by atoms with Crippen molar-refractivity contribution in [1.82, 2.24) is 9.97 Å². The molecule has 0 bridgehead atoms. The molecule has 2 aromatic rings. The van der Waals surface area contributed by atoms with E-state index in [9.17, 15) is 4.39 Å². The molecule has 0 fully saturated rings. The zero-order chi connectivity index (χ0) is 11.5. The van der Waals surface area contributed by atoms with Crippen molar-refractivity contribution in [3.8, 4) is 0 Å². The zero-order valence-electron chi connectivity index (χ0n) is 8.77. The first kappa shape index (κ1) is 11.2. The largest absolute Gasteiger partial charge is 0.339 e. The Morgan fingerprint density at radius 1 is 1.50 bits per heavy atom. The number of hydrogen-bond acceptors (Lipinski definition) is 3. The molecular formula is C11H12FN3S. The van der Waals surface area contributed by atoms with Gasteiger partial charge in [-0.15, -0.1) is 0 Å². The Balaban J connectivity index is 2.33. The van der Waals surface area contributed by atoms with Crippen molar-refractivity contribution in [3.05, 3.63) is 42.0 Å². The van der Waals surface area contributed by atoms with Gasteiger partial charge in [-0.3, -0.25) is 0 Å². The predicted molar refractivity (Wildman–Crippen MR) is 61.7 cm³/mol. The first-order valence-electron chi connectivity index (χ1n) is 4.89. The third-order valence-corrected chi connectivity index (χ3v) is 3.15. The Morgan fingerprint density at radius 2 is 2.31 bits per heavy atom. The molecule has 0 amide bonds. The number of nitrogens with zero attached hydrogens (tertiary/aromatic N) is 1. The van der Waals surface area contributed by atoms with E-state index in [1.807, 2.05) is 6.92 Å². The monoisotopic (exact) mass is 237 g/mol. The molecule has 2 rings (SSSR count). The minimum Gasteiger partial charge on any atom is -0.339 e. The summed E-state index contributed by atoms with van der Waals surface area (Å²) < 4.78 is 13.1. The van der Waals surface area contributed by atoms with Gasteiger partial charge in [0.05, 0.1) is 0 Å². The van der Waals surface area contributed by atoms with Crippen LogP contribution in [0.4, 0.5) is 4.39 Å². The number of aromatic nitrogens is 2. The third kappa shape index (κ3) is 2.43. The van der Waals surface area contributed by atoms with E-state index in [1.165, 1.54) is 23.9 Å². The Kier molecular flexibility index (Phi) is 3.26. The first-order valence-corrected chi connectivity index (χ1v) is 5.70. The van der Waals surface area contributed by atoms with Crippen LogP contribution < -0.4 is 5.73 Å². The third-order valence-electron chi connectivity index (χ3n) is 2.14. The van der Waals surface area contributed by atoms with Crippen molar-refractivity contribution >= 4 is 11.8 Å². The van der Waals surface area contributed by atoms with Crippen LogP contribution in [0, 0.1) is 5.82 Å². The SMILES string of the molecule is CC(N)c1cc(F)ccc1Sc1ncc[nH]1. The van der Waals surface area contributed by atoms with Crippen LogP contribution in [0.1, 0.15) is 18.5 Å². The topological polar surface area (TPSA) is 54.7 Å². The molecule has 0 saturated heterocycles. The van der Waals surface area contributed by atoms with E-state index in [-0.39, 0.29) is 11.9 Å². The lowest BCUT2D eigenvalue weighted by Gasteiger charge is -2.11. The van der Waals surface area contributed by atoms with E-state index in [2.05, 4.69) is 9.97 Å². The first-order chi connectivity index (χ1) is 7.66. The highest BCUT2D eigenvalue weighted by atomic mass is 32.2. The lowest BCUT2D eigenvalue weighted by molar-refractivity contribution is 0.619. The molecule has 1 heterocycles. The minimum atomic E-state index is -0.268. The number of H-pyrrole nitrogens is 1. The van der Waals surface area contributed by atoms with Gasteiger partial charge in [0.2, 0.25) is 0 Å². The fraction of sp³-hybridized carbons (Fsp3) is 0.182. The van der Waals surface area contributed by atoms with Crippen LogP contribution in [0.15, 0.2) is 40.6 Å². The quantitative estimate of drug-likeness (QED) is 0.863. The number of hydrogen-bond donors (Lipinski definition) is 2. The molecule has 0 radical (unpaired) electrons. The van der Waals surface area contributed by atoms with Gasteiger partial charge in [0.1, 0.15) is 5.82 Å². The fourth-order valence-corrected chi connectivity index (χ4v) is 2.33. The maximum atomic E-state index is 13.1. The van der Waals surface area contributed by atoms with Crippen molar-refractivity contribution in [2.75, 3.05) is 0 Å². The van der Waals surface area contributed by atoms with Crippen molar-refractivity contribution in [1.29, 1.82) is 0 Å². The Morgan fingerprint density at radius 3 is 2.94 bits per heavy atom. The van der Waals surface area contributed by atoms with Gasteiger partial charge in [0.15, 0.2) is 5.16 Å². The van der Waals surface area contributed by atoms with Crippen molar-refractivity contribution < 1.29 is 4.39 Å². The maximum Gasteiger partial charge on any atom is 0.170 e. The Bertz CT molecular complexity index is 468. The summed E-state index contributed by atoms with van der Waals surface area (Å²) in [4.78, 5) is 8.01. The number of nitrogens with one attached hydrogen (secondary N) is 1. The smallest absolute Gasteiger partial charge is 0.170 e. The molecule has 1 aromatic heterocycles. The highest BCUT2D eigenvalue weighted by molar-refractivity contribution is 7.99. The molecule has 0 saturated carbocycles. The van der Waals surface area contributed by atoms with E-state index >= 15 is 0 Å². The highest BCUT2D eigenvalue weighted by Gasteiger charge is 2.10. The normalized spacial score (nSPS) is 12.7. The summed E-state index contributed by atoms with van der Waals surface area (Å²) >= 11 is 1.44. The lowest BCUT2D eigenvalue weighted by Crippen LogP contribution is -2.06. The molecular weight excluding hydrogens is 225 g/mol. The molecule has 1 atom stereocenters. The Hall–Kier alpha value is -1.33. The molecule has 1 aromatic carbocycles. The highest BCUT2D eigenvalue weighted by Crippen LogP contribution is 2.31. The number of rotatable bonds is 3. The van der Waals surface area contributed by atoms with Gasteiger partial charge in [0, 0.05) is 23.3 Å². The molecule has 0 aliphatic rings. The van der Waals surface area contributed by atoms with Crippen LogP contribution in [-0.2, 0) is 0 Å². The summed E-state index contributed by atoms with van der Waals surface area (Å²) in [7, 11) is 0. The summed E-state index contributed by atoms with van der Waals surface area (Å²) in [6.45, 7) is 1.83. The summed E-state index contributed by atoms with van der Waals surface area (Å²) in [5.41, 5.74) is 6.59. The van der Waals surface area contributed by atoms with Gasteiger partial charge in [-0.05, 0) is 30.7 Å². The van der Waals surface area contributed by atoms with Gasteiger partial charge in [-0.2, -0.15) is 0 Å². The van der Waals surface area contributed by atoms with Gasteiger partial charge in [-0.25, -0.2) is 9.37 Å². The van der Waals surface area contributed by atoms with Crippen LogP contribution in [0.3, 0.4) is 0 Å². The van der Waals surface area contributed by atoms with E-state index in [4.69, 9.17) is 5.73 Å². The Labute approximate surface area is 97.3 Å².